The molecule has 0 spiro atoms. The van der Waals surface area contributed by atoms with Crippen LogP contribution in [0.4, 0.5) is 0 Å². The first kappa shape index (κ1) is 12.7. The number of aliphatic hydroxyl groups is 2. The molecule has 1 saturated heterocycles. The zero-order chi connectivity index (χ0) is 11.3. The molecule has 1 aliphatic heterocycles. The van der Waals surface area contributed by atoms with E-state index >= 15 is 0 Å². The fourth-order valence-corrected chi connectivity index (χ4v) is 2.00. The van der Waals surface area contributed by atoms with E-state index in [1.807, 2.05) is 0 Å². The normalized spacial score (nSPS) is 20.3. The summed E-state index contributed by atoms with van der Waals surface area (Å²) in [4.78, 5) is 13.3. The second kappa shape index (κ2) is 5.68. The molecule has 0 aromatic heterocycles. The van der Waals surface area contributed by atoms with Crippen LogP contribution in [0.25, 0.3) is 0 Å². The predicted octanol–water partition coefficient (Wildman–Crippen LogP) is 0.209. The van der Waals surface area contributed by atoms with Crippen LogP contribution in [-0.2, 0) is 4.79 Å². The summed E-state index contributed by atoms with van der Waals surface area (Å²) in [6.45, 7) is 1.19. The molecule has 1 amide bonds. The van der Waals surface area contributed by atoms with Crippen molar-refractivity contribution >= 4 is 17.5 Å². The lowest BCUT2D eigenvalue weighted by molar-refractivity contribution is -0.134. The van der Waals surface area contributed by atoms with E-state index in [1.54, 1.807) is 4.90 Å². The average Bonchev–Trinajstić information content (AvgIpc) is 2.29. The van der Waals surface area contributed by atoms with Crippen LogP contribution in [0.2, 0.25) is 0 Å². The Balaban J connectivity index is 2.44. The number of carbonyl (C=O) groups is 1. The maximum atomic E-state index is 11.5. The highest BCUT2D eigenvalue weighted by Crippen LogP contribution is 2.30. The summed E-state index contributed by atoms with van der Waals surface area (Å²) in [7, 11) is 0. The third-order valence-electron chi connectivity index (χ3n) is 3.16. The number of amides is 1. The van der Waals surface area contributed by atoms with Crippen molar-refractivity contribution in [1.29, 1.82) is 0 Å². The van der Waals surface area contributed by atoms with Gasteiger partial charge in [-0.2, -0.15) is 0 Å². The number of alkyl halides is 1. The van der Waals surface area contributed by atoms with Crippen molar-refractivity contribution in [3.8, 4) is 0 Å². The number of carbonyl (C=O) groups excluding carboxylic acids is 1. The van der Waals surface area contributed by atoms with Gasteiger partial charge in [0.1, 0.15) is 0 Å². The minimum absolute atomic E-state index is 0.0129. The summed E-state index contributed by atoms with van der Waals surface area (Å²) < 4.78 is 0. The highest BCUT2D eigenvalue weighted by molar-refractivity contribution is 6.18. The lowest BCUT2D eigenvalue weighted by atomic mass is 9.80. The minimum Gasteiger partial charge on any atom is -0.396 e. The summed E-state index contributed by atoms with van der Waals surface area (Å²) in [5.41, 5.74) is -0.391. The van der Waals surface area contributed by atoms with Crippen LogP contribution >= 0.6 is 11.6 Å². The van der Waals surface area contributed by atoms with E-state index in [9.17, 15) is 15.0 Å². The standard InChI is InChI=1S/C10H18ClNO3/c11-4-1-9(15)12-5-2-10(7-13,8-14)3-6-12/h13-14H,1-8H2. The van der Waals surface area contributed by atoms with E-state index in [4.69, 9.17) is 11.6 Å². The number of hydrogen-bond acceptors (Lipinski definition) is 3. The Morgan fingerprint density at radius 3 is 2.20 bits per heavy atom. The molecule has 0 atom stereocenters. The van der Waals surface area contributed by atoms with E-state index in [2.05, 4.69) is 0 Å². The molecule has 0 aromatic rings. The topological polar surface area (TPSA) is 60.8 Å². The first-order chi connectivity index (χ1) is 7.17. The zero-order valence-corrected chi connectivity index (χ0v) is 9.54. The lowest BCUT2D eigenvalue weighted by Gasteiger charge is -2.39. The van der Waals surface area contributed by atoms with Gasteiger partial charge in [-0.3, -0.25) is 4.79 Å². The quantitative estimate of drug-likeness (QED) is 0.685. The van der Waals surface area contributed by atoms with Gasteiger partial charge in [-0.05, 0) is 12.8 Å². The summed E-state index contributed by atoms with van der Waals surface area (Å²) in [5, 5.41) is 18.4. The van der Waals surface area contributed by atoms with Crippen molar-refractivity contribution in [2.75, 3.05) is 32.2 Å². The van der Waals surface area contributed by atoms with E-state index in [0.717, 1.165) is 0 Å². The SMILES string of the molecule is O=C(CCCl)N1CCC(CO)(CO)CC1. The van der Waals surface area contributed by atoms with Crippen LogP contribution in [0.5, 0.6) is 0 Å². The summed E-state index contributed by atoms with van der Waals surface area (Å²) in [5.74, 6) is 0.412. The van der Waals surface area contributed by atoms with Crippen LogP contribution in [-0.4, -0.2) is 53.2 Å². The Morgan fingerprint density at radius 1 is 1.27 bits per heavy atom. The molecule has 0 unspecified atom stereocenters. The molecule has 2 N–H and O–H groups in total. The van der Waals surface area contributed by atoms with Gasteiger partial charge in [0.05, 0.1) is 13.2 Å². The van der Waals surface area contributed by atoms with E-state index in [1.165, 1.54) is 0 Å². The van der Waals surface area contributed by atoms with Gasteiger partial charge in [0.2, 0.25) is 5.91 Å². The average molecular weight is 236 g/mol. The third kappa shape index (κ3) is 3.06. The molecule has 1 fully saturated rings. The molecule has 0 radical (unpaired) electrons. The van der Waals surface area contributed by atoms with Crippen LogP contribution in [0.3, 0.4) is 0 Å². The molecule has 0 aromatic carbocycles. The van der Waals surface area contributed by atoms with E-state index in [-0.39, 0.29) is 19.1 Å². The maximum Gasteiger partial charge on any atom is 0.223 e. The Hall–Kier alpha value is -0.320. The van der Waals surface area contributed by atoms with Crippen LogP contribution in [0.1, 0.15) is 19.3 Å². The second-order valence-electron chi connectivity index (χ2n) is 4.14. The lowest BCUT2D eigenvalue weighted by Crippen LogP contribution is -2.46. The monoisotopic (exact) mass is 235 g/mol. The molecule has 4 nitrogen and oxygen atoms in total. The van der Waals surface area contributed by atoms with Gasteiger partial charge in [-0.15, -0.1) is 11.6 Å². The first-order valence-corrected chi connectivity index (χ1v) is 5.76. The molecule has 15 heavy (non-hydrogen) atoms. The number of rotatable bonds is 4. The maximum absolute atomic E-state index is 11.5. The zero-order valence-electron chi connectivity index (χ0n) is 8.78. The van der Waals surface area contributed by atoms with Crippen molar-refractivity contribution in [2.24, 2.45) is 5.41 Å². The van der Waals surface area contributed by atoms with Gasteiger partial charge in [-0.1, -0.05) is 0 Å². The first-order valence-electron chi connectivity index (χ1n) is 5.23. The smallest absolute Gasteiger partial charge is 0.223 e. The fraction of sp³-hybridized carbons (Fsp3) is 0.900. The Labute approximate surface area is 94.8 Å². The highest BCUT2D eigenvalue weighted by atomic mass is 35.5. The predicted molar refractivity (Wildman–Crippen MR) is 57.8 cm³/mol. The summed E-state index contributed by atoms with van der Waals surface area (Å²) in [6.07, 6.45) is 1.69. The number of piperidine rings is 1. The van der Waals surface area contributed by atoms with Crippen molar-refractivity contribution < 1.29 is 15.0 Å². The Bertz CT molecular complexity index is 209. The summed E-state index contributed by atoms with van der Waals surface area (Å²) in [6, 6.07) is 0. The second-order valence-corrected chi connectivity index (χ2v) is 4.51. The Morgan fingerprint density at radius 2 is 1.80 bits per heavy atom. The largest absolute Gasteiger partial charge is 0.396 e. The third-order valence-corrected chi connectivity index (χ3v) is 3.34. The molecule has 1 aliphatic rings. The summed E-state index contributed by atoms with van der Waals surface area (Å²) >= 11 is 5.50. The number of likely N-dealkylation sites (tertiary alicyclic amines) is 1. The molecule has 0 bridgehead atoms. The molecule has 0 aliphatic carbocycles. The van der Waals surface area contributed by atoms with E-state index < -0.39 is 5.41 Å². The van der Waals surface area contributed by atoms with Gasteiger partial charge >= 0.3 is 0 Å². The molecule has 5 heteroatoms. The number of nitrogens with zero attached hydrogens (tertiary/aromatic N) is 1. The highest BCUT2D eigenvalue weighted by Gasteiger charge is 2.34. The van der Waals surface area contributed by atoms with Crippen LogP contribution in [0.15, 0.2) is 0 Å². The molecule has 0 saturated carbocycles. The van der Waals surface area contributed by atoms with Gasteiger partial charge < -0.3 is 15.1 Å². The van der Waals surface area contributed by atoms with Crippen LogP contribution < -0.4 is 0 Å². The van der Waals surface area contributed by atoms with Crippen molar-refractivity contribution in [2.45, 2.75) is 19.3 Å². The fourth-order valence-electron chi connectivity index (χ4n) is 1.84. The molecule has 1 rings (SSSR count). The minimum atomic E-state index is -0.391. The number of hydrogen-bond donors (Lipinski definition) is 2. The molecule has 88 valence electrons. The van der Waals surface area contributed by atoms with E-state index in [0.29, 0.717) is 38.2 Å². The molecule has 1 heterocycles. The van der Waals surface area contributed by atoms with Crippen LogP contribution in [0, 0.1) is 5.41 Å². The number of halogens is 1. The van der Waals surface area contributed by atoms with Gasteiger partial charge in [0, 0.05) is 30.8 Å². The van der Waals surface area contributed by atoms with Crippen molar-refractivity contribution in [1.82, 2.24) is 4.90 Å². The van der Waals surface area contributed by atoms with Gasteiger partial charge in [0.15, 0.2) is 0 Å². The van der Waals surface area contributed by atoms with Gasteiger partial charge in [0.25, 0.3) is 0 Å². The van der Waals surface area contributed by atoms with Gasteiger partial charge in [-0.25, -0.2) is 0 Å². The number of aliphatic hydroxyl groups excluding tert-OH is 2. The molecular formula is C10H18ClNO3. The molecular weight excluding hydrogens is 218 g/mol. The Kier molecular flexibility index (Phi) is 4.83. The van der Waals surface area contributed by atoms with Crippen molar-refractivity contribution in [3.63, 3.8) is 0 Å². The van der Waals surface area contributed by atoms with Crippen molar-refractivity contribution in [3.05, 3.63) is 0 Å².